The van der Waals surface area contributed by atoms with E-state index in [-0.39, 0.29) is 17.7 Å². The lowest BCUT2D eigenvalue weighted by Crippen LogP contribution is -2.27. The fourth-order valence-corrected chi connectivity index (χ4v) is 4.88. The molecule has 1 aliphatic rings. The maximum absolute atomic E-state index is 12.7. The van der Waals surface area contributed by atoms with Crippen LogP contribution < -0.4 is 0 Å². The van der Waals surface area contributed by atoms with Crippen molar-refractivity contribution in [2.24, 2.45) is 0 Å². The van der Waals surface area contributed by atoms with Gasteiger partial charge < -0.3 is 4.57 Å². The molecule has 0 N–H and O–H groups in total. The van der Waals surface area contributed by atoms with E-state index in [1.54, 1.807) is 12.1 Å². The second-order valence-corrected chi connectivity index (χ2v) is 8.76. The summed E-state index contributed by atoms with van der Waals surface area (Å²) in [6.45, 7) is 6.39. The minimum absolute atomic E-state index is 0.206. The summed E-state index contributed by atoms with van der Waals surface area (Å²) in [6, 6.07) is 13.5. The van der Waals surface area contributed by atoms with E-state index in [4.69, 9.17) is 23.2 Å². The molecule has 0 unspecified atom stereocenters. The van der Waals surface area contributed by atoms with Gasteiger partial charge in [-0.1, -0.05) is 53.5 Å². The van der Waals surface area contributed by atoms with Gasteiger partial charge in [-0.3, -0.25) is 14.5 Å². The van der Waals surface area contributed by atoms with Gasteiger partial charge in [-0.15, -0.1) is 6.58 Å². The number of benzene rings is 2. The van der Waals surface area contributed by atoms with Crippen LogP contribution in [-0.2, 0) is 11.3 Å². The fourth-order valence-electron chi connectivity index (χ4n) is 3.58. The van der Waals surface area contributed by atoms with E-state index in [0.717, 1.165) is 39.5 Å². The highest BCUT2D eigenvalue weighted by molar-refractivity contribution is 8.18. The van der Waals surface area contributed by atoms with Gasteiger partial charge in [0.25, 0.3) is 11.1 Å². The molecule has 7 heteroatoms. The maximum Gasteiger partial charge on any atom is 0.293 e. The van der Waals surface area contributed by atoms with E-state index >= 15 is 0 Å². The van der Waals surface area contributed by atoms with Crippen LogP contribution in [0, 0.1) is 6.92 Å². The highest BCUT2D eigenvalue weighted by Gasteiger charge is 2.34. The van der Waals surface area contributed by atoms with Gasteiger partial charge in [-0.05, 0) is 48.5 Å². The largest absolute Gasteiger partial charge is 0.340 e. The van der Waals surface area contributed by atoms with Gasteiger partial charge in [0.15, 0.2) is 0 Å². The van der Waals surface area contributed by atoms with Crippen molar-refractivity contribution in [1.82, 2.24) is 9.47 Å². The van der Waals surface area contributed by atoms with Crippen molar-refractivity contribution in [2.45, 2.75) is 13.5 Å². The van der Waals surface area contributed by atoms with Crippen molar-refractivity contribution < 1.29 is 9.59 Å². The van der Waals surface area contributed by atoms with Crippen LogP contribution in [0.4, 0.5) is 4.79 Å². The predicted molar refractivity (Wildman–Crippen MR) is 125 cm³/mol. The van der Waals surface area contributed by atoms with Crippen molar-refractivity contribution in [3.8, 4) is 0 Å². The van der Waals surface area contributed by atoms with Crippen LogP contribution in [-0.4, -0.2) is 27.2 Å². The molecule has 1 aliphatic heterocycles. The maximum atomic E-state index is 12.7. The van der Waals surface area contributed by atoms with Gasteiger partial charge in [0.1, 0.15) is 0 Å². The van der Waals surface area contributed by atoms with Gasteiger partial charge in [0.2, 0.25) is 0 Å². The lowest BCUT2D eigenvalue weighted by molar-refractivity contribution is -0.122. The molecule has 0 bridgehead atoms. The van der Waals surface area contributed by atoms with E-state index in [2.05, 4.69) is 11.1 Å². The number of fused-ring (bicyclic) bond motifs is 1. The Bertz CT molecular complexity index is 1230. The lowest BCUT2D eigenvalue weighted by Gasteiger charge is -2.11. The van der Waals surface area contributed by atoms with Crippen LogP contribution >= 0.6 is 35.0 Å². The van der Waals surface area contributed by atoms with E-state index in [1.807, 2.05) is 49.4 Å². The first-order valence-corrected chi connectivity index (χ1v) is 10.9. The molecule has 4 nitrogen and oxygen atoms in total. The Kier molecular flexibility index (Phi) is 5.78. The van der Waals surface area contributed by atoms with Crippen LogP contribution in [0.1, 0.15) is 16.8 Å². The molecule has 0 spiro atoms. The number of nitrogens with zero attached hydrogens (tertiary/aromatic N) is 2. The molecule has 2 heterocycles. The number of rotatable bonds is 5. The predicted octanol–water partition coefficient (Wildman–Crippen LogP) is 6.53. The number of halogens is 2. The van der Waals surface area contributed by atoms with Crippen LogP contribution in [0.3, 0.4) is 0 Å². The summed E-state index contributed by atoms with van der Waals surface area (Å²) in [5.74, 6) is -0.290. The molecule has 0 saturated carbocycles. The molecule has 1 aromatic heterocycles. The first-order chi connectivity index (χ1) is 14.4. The molecule has 3 aromatic rings. The number of hydrogen-bond acceptors (Lipinski definition) is 3. The third kappa shape index (κ3) is 3.69. The van der Waals surface area contributed by atoms with Crippen molar-refractivity contribution in [2.75, 3.05) is 6.54 Å². The number of carbonyl (C=O) groups is 2. The Morgan fingerprint density at radius 2 is 1.90 bits per heavy atom. The number of aromatic nitrogens is 1. The average molecular weight is 457 g/mol. The second kappa shape index (κ2) is 8.34. The van der Waals surface area contributed by atoms with Crippen LogP contribution in [0.2, 0.25) is 10.0 Å². The summed E-state index contributed by atoms with van der Waals surface area (Å²) in [5.41, 5.74) is 3.87. The summed E-state index contributed by atoms with van der Waals surface area (Å²) >= 11 is 13.4. The first-order valence-electron chi connectivity index (χ1n) is 9.28. The third-order valence-corrected chi connectivity index (χ3v) is 6.58. The Hall–Kier alpha value is -2.47. The SMILES string of the molecule is C=CCN1C(=O)SC(=Cc2c(C)n(Cc3ccc(Cl)cc3Cl)c3ccccc23)C1=O. The van der Waals surface area contributed by atoms with Crippen LogP contribution in [0.5, 0.6) is 0 Å². The number of hydrogen-bond donors (Lipinski definition) is 0. The van der Waals surface area contributed by atoms with Crippen molar-refractivity contribution in [3.05, 3.63) is 86.9 Å². The van der Waals surface area contributed by atoms with Crippen molar-refractivity contribution >= 4 is 63.1 Å². The highest BCUT2D eigenvalue weighted by Crippen LogP contribution is 2.36. The minimum Gasteiger partial charge on any atom is -0.340 e. The Balaban J connectivity index is 1.81. The Morgan fingerprint density at radius 1 is 1.13 bits per heavy atom. The van der Waals surface area contributed by atoms with Crippen molar-refractivity contribution in [1.29, 1.82) is 0 Å². The summed E-state index contributed by atoms with van der Waals surface area (Å²) < 4.78 is 2.16. The zero-order chi connectivity index (χ0) is 21.4. The third-order valence-electron chi connectivity index (χ3n) is 5.08. The molecule has 30 heavy (non-hydrogen) atoms. The van der Waals surface area contributed by atoms with E-state index in [1.165, 1.54) is 4.90 Å². The normalized spacial score (nSPS) is 15.6. The van der Waals surface area contributed by atoms with Gasteiger partial charge in [0, 0.05) is 45.3 Å². The summed E-state index contributed by atoms with van der Waals surface area (Å²) in [7, 11) is 0. The summed E-state index contributed by atoms with van der Waals surface area (Å²) in [5, 5.41) is 1.93. The Labute approximate surface area is 188 Å². The minimum atomic E-state index is -0.290. The zero-order valence-corrected chi connectivity index (χ0v) is 18.5. The van der Waals surface area contributed by atoms with Gasteiger partial charge in [0.05, 0.1) is 4.91 Å². The fraction of sp³-hybridized carbons (Fsp3) is 0.130. The first kappa shape index (κ1) is 20.8. The zero-order valence-electron chi connectivity index (χ0n) is 16.2. The average Bonchev–Trinajstić information content (AvgIpc) is 3.13. The molecule has 0 aliphatic carbocycles. The molecular weight excluding hydrogens is 439 g/mol. The molecule has 0 atom stereocenters. The van der Waals surface area contributed by atoms with Crippen molar-refractivity contribution in [3.63, 3.8) is 0 Å². The molecule has 2 amide bonds. The summed E-state index contributed by atoms with van der Waals surface area (Å²) in [4.78, 5) is 26.5. The Morgan fingerprint density at radius 3 is 2.63 bits per heavy atom. The molecule has 152 valence electrons. The van der Waals surface area contributed by atoms with E-state index in [9.17, 15) is 9.59 Å². The number of thioether (sulfide) groups is 1. The smallest absolute Gasteiger partial charge is 0.293 e. The number of carbonyl (C=O) groups excluding carboxylic acids is 2. The highest BCUT2D eigenvalue weighted by atomic mass is 35.5. The van der Waals surface area contributed by atoms with Gasteiger partial charge in [-0.2, -0.15) is 0 Å². The van der Waals surface area contributed by atoms with E-state index in [0.29, 0.717) is 21.5 Å². The molecule has 2 aromatic carbocycles. The topological polar surface area (TPSA) is 42.3 Å². The standard InChI is InChI=1S/C23H18Cl2N2O2S/c1-3-10-26-22(28)21(30-23(26)29)12-18-14(2)27(20-7-5-4-6-17(18)20)13-15-8-9-16(24)11-19(15)25/h3-9,11-12H,1,10,13H2,2H3. The van der Waals surface area contributed by atoms with Gasteiger partial charge >= 0.3 is 0 Å². The summed E-state index contributed by atoms with van der Waals surface area (Å²) in [6.07, 6.45) is 3.36. The molecular formula is C23H18Cl2N2O2S. The van der Waals surface area contributed by atoms with E-state index < -0.39 is 0 Å². The monoisotopic (exact) mass is 456 g/mol. The molecule has 1 fully saturated rings. The number of amides is 2. The molecule has 0 radical (unpaired) electrons. The number of para-hydroxylation sites is 1. The second-order valence-electron chi connectivity index (χ2n) is 6.92. The number of imide groups is 1. The lowest BCUT2D eigenvalue weighted by atomic mass is 10.1. The molecule has 4 rings (SSSR count). The van der Waals surface area contributed by atoms with Gasteiger partial charge in [-0.25, -0.2) is 0 Å². The molecule has 1 saturated heterocycles. The van der Waals surface area contributed by atoms with Crippen LogP contribution in [0.15, 0.2) is 60.0 Å². The van der Waals surface area contributed by atoms with Crippen LogP contribution in [0.25, 0.3) is 17.0 Å². The quantitative estimate of drug-likeness (QED) is 0.323.